The molecule has 0 saturated carbocycles. The van der Waals surface area contributed by atoms with Crippen molar-refractivity contribution in [2.24, 2.45) is 21.7 Å². The van der Waals surface area contributed by atoms with Gasteiger partial charge in [-0.1, -0.05) is 34.6 Å². The zero-order valence-corrected chi connectivity index (χ0v) is 33.2. The average Bonchev–Trinajstić information content (AvgIpc) is 4.02. The third kappa shape index (κ3) is 15.7. The van der Waals surface area contributed by atoms with Crippen molar-refractivity contribution in [3.8, 4) is 0 Å². The Labute approximate surface area is 326 Å². The van der Waals surface area contributed by atoms with Gasteiger partial charge in [-0.05, 0) is 6.92 Å². The Morgan fingerprint density at radius 3 is 1.00 bits per heavy atom. The van der Waals surface area contributed by atoms with E-state index in [1.165, 1.54) is 76.3 Å². The Kier molecular flexibility index (Phi) is 20.4. The summed E-state index contributed by atoms with van der Waals surface area (Å²) in [5, 5.41) is 15.1. The van der Waals surface area contributed by atoms with Gasteiger partial charge in [0.05, 0.1) is 16.2 Å². The molecular weight excluding hydrogens is 780 g/mol. The Morgan fingerprint density at radius 1 is 0.463 bits per heavy atom. The fraction of sp³-hybridized carbons (Fsp3) is 0.625. The van der Waals surface area contributed by atoms with Crippen LogP contribution >= 0.6 is 34.8 Å². The molecule has 16 nitrogen and oxygen atoms in total. The zero-order chi connectivity index (χ0) is 41.0. The van der Waals surface area contributed by atoms with Crippen LogP contribution in [0.5, 0.6) is 0 Å². The molecule has 0 aliphatic rings. The van der Waals surface area contributed by atoms with Gasteiger partial charge >= 0.3 is 0 Å². The predicted molar refractivity (Wildman–Crippen MR) is 194 cm³/mol. The van der Waals surface area contributed by atoms with Crippen molar-refractivity contribution in [3.63, 3.8) is 0 Å². The van der Waals surface area contributed by atoms with Crippen molar-refractivity contribution in [2.75, 3.05) is 37.7 Å². The molecule has 0 aliphatic heterocycles. The Hall–Kier alpha value is -4.10. The number of aromatic nitrogens is 12. The van der Waals surface area contributed by atoms with E-state index in [-0.39, 0.29) is 55.3 Å². The first-order chi connectivity index (χ1) is 25.4. The molecule has 4 heterocycles. The molecule has 4 aromatic rings. The molecule has 0 radical (unpaired) electrons. The molecule has 0 spiro atoms. The van der Waals surface area contributed by atoms with E-state index < -0.39 is 47.5 Å². The van der Waals surface area contributed by atoms with Crippen molar-refractivity contribution in [1.82, 2.24) is 59.1 Å². The van der Waals surface area contributed by atoms with Gasteiger partial charge in [0.25, 0.3) is 0 Å². The third-order valence-corrected chi connectivity index (χ3v) is 9.64. The van der Waals surface area contributed by atoms with Crippen molar-refractivity contribution >= 4 is 57.9 Å². The van der Waals surface area contributed by atoms with E-state index in [1.807, 2.05) is 13.8 Å². The SMILES string of the molecule is CC(C)(CCl)C(=O)Cn1cncn1.CC(C)(CF)C(=O)Cn1cncn1.CC(CCl)(CCl)C(=O)Cn1cncn1.CC(CF)(CF)C(=O)Cn1cncn1. The van der Waals surface area contributed by atoms with Crippen LogP contribution in [0.1, 0.15) is 41.5 Å². The monoisotopic (exact) mass is 824 g/mol. The van der Waals surface area contributed by atoms with Gasteiger partial charge in [0.15, 0.2) is 23.1 Å². The Morgan fingerprint density at radius 2 is 0.759 bits per heavy atom. The number of rotatable bonds is 18. The average molecular weight is 826 g/mol. The standard InChI is InChI=1S/C8H11Cl2N3O.C8H12ClN3O.C8H11F2N3O.C8H12FN3O/c1-8(3-9,4-10)7(14)2-13-6-11-5-12-13;1-8(2,4-9)7(13)3-12-6-10-5-11-12;1-8(3-9,4-10)7(14)2-13-6-11-5-12-13;1-8(2,4-9)7(13)3-12-6-10-5-11-12/h5-6H,2-4H2,1H3;5-6H,3-4H2,1-2H3;5-6H,2-4H2,1H3;5-6H,3-4H2,1-2H3. The van der Waals surface area contributed by atoms with Crippen molar-refractivity contribution in [1.29, 1.82) is 0 Å². The van der Waals surface area contributed by atoms with Crippen LogP contribution in [0, 0.1) is 21.7 Å². The summed E-state index contributed by atoms with van der Waals surface area (Å²) in [6, 6.07) is 0. The predicted octanol–water partition coefficient (Wildman–Crippen LogP) is 4.08. The van der Waals surface area contributed by atoms with E-state index in [0.717, 1.165) is 0 Å². The number of nitrogens with zero attached hydrogens (tertiary/aromatic N) is 12. The van der Waals surface area contributed by atoms with E-state index in [1.54, 1.807) is 20.8 Å². The molecule has 0 aliphatic carbocycles. The van der Waals surface area contributed by atoms with Crippen LogP contribution in [0.15, 0.2) is 50.6 Å². The first-order valence-corrected chi connectivity index (χ1v) is 17.8. The zero-order valence-electron chi connectivity index (χ0n) is 31.0. The van der Waals surface area contributed by atoms with Crippen LogP contribution in [-0.2, 0) is 45.4 Å². The van der Waals surface area contributed by atoms with E-state index in [9.17, 15) is 32.3 Å². The van der Waals surface area contributed by atoms with Crippen LogP contribution in [0.25, 0.3) is 0 Å². The molecule has 4 rings (SSSR count). The molecule has 0 atom stereocenters. The van der Waals surface area contributed by atoms with Gasteiger partial charge < -0.3 is 0 Å². The molecular formula is C32H46Cl3F3N12O4. The topological polar surface area (TPSA) is 191 Å². The largest absolute Gasteiger partial charge is 0.297 e. The summed E-state index contributed by atoms with van der Waals surface area (Å²) in [7, 11) is 0. The lowest BCUT2D eigenvalue weighted by molar-refractivity contribution is -0.130. The minimum absolute atomic E-state index is 0.0343. The Bertz CT molecular complexity index is 1530. The summed E-state index contributed by atoms with van der Waals surface area (Å²) in [5.74, 6) is 0.0729. The van der Waals surface area contributed by atoms with Gasteiger partial charge in [-0.15, -0.1) is 34.8 Å². The number of alkyl halides is 6. The van der Waals surface area contributed by atoms with Crippen LogP contribution in [0.3, 0.4) is 0 Å². The normalized spacial score (nSPS) is 11.6. The summed E-state index contributed by atoms with van der Waals surface area (Å²) in [5.41, 5.74) is -3.65. The highest BCUT2D eigenvalue weighted by atomic mass is 35.5. The molecule has 54 heavy (non-hydrogen) atoms. The van der Waals surface area contributed by atoms with Gasteiger partial charge in [-0.2, -0.15) is 20.4 Å². The number of Topliss-reactive ketones (excluding diaryl/α,β-unsaturated/α-hetero) is 4. The highest BCUT2D eigenvalue weighted by Gasteiger charge is 2.34. The summed E-state index contributed by atoms with van der Waals surface area (Å²) in [6.07, 6.45) is 11.2. The molecule has 0 N–H and O–H groups in total. The van der Waals surface area contributed by atoms with Crippen LogP contribution in [0.4, 0.5) is 13.2 Å². The number of carbonyl (C=O) groups excluding carboxylic acids is 4. The maximum Gasteiger partial charge on any atom is 0.165 e. The first-order valence-electron chi connectivity index (χ1n) is 16.2. The lowest BCUT2D eigenvalue weighted by atomic mass is 9.89. The highest BCUT2D eigenvalue weighted by molar-refractivity contribution is 6.24. The minimum Gasteiger partial charge on any atom is -0.297 e. The number of ketones is 4. The molecule has 0 bridgehead atoms. The quantitative estimate of drug-likeness (QED) is 0.131. The maximum absolute atomic E-state index is 12.4. The van der Waals surface area contributed by atoms with Crippen LogP contribution in [-0.4, -0.2) is 120 Å². The highest BCUT2D eigenvalue weighted by Crippen LogP contribution is 2.23. The second kappa shape index (κ2) is 23.0. The number of halogens is 6. The lowest BCUT2D eigenvalue weighted by Crippen LogP contribution is -2.35. The van der Waals surface area contributed by atoms with E-state index in [2.05, 4.69) is 40.3 Å². The minimum atomic E-state index is -1.55. The third-order valence-electron chi connectivity index (χ3n) is 7.79. The molecule has 0 unspecified atom stereocenters. The van der Waals surface area contributed by atoms with Crippen molar-refractivity contribution < 1.29 is 32.3 Å². The van der Waals surface area contributed by atoms with Gasteiger partial charge in [-0.25, -0.2) is 47.4 Å². The van der Waals surface area contributed by atoms with Gasteiger partial charge in [0.2, 0.25) is 0 Å². The fourth-order valence-electron chi connectivity index (χ4n) is 3.17. The molecule has 4 aromatic heterocycles. The van der Waals surface area contributed by atoms with Crippen LogP contribution in [0.2, 0.25) is 0 Å². The first kappa shape index (κ1) is 47.9. The second-order valence-corrected chi connectivity index (χ2v) is 14.6. The molecule has 300 valence electrons. The lowest BCUT2D eigenvalue weighted by Gasteiger charge is -2.21. The summed E-state index contributed by atoms with van der Waals surface area (Å²) in [4.78, 5) is 61.0. The van der Waals surface area contributed by atoms with Gasteiger partial charge in [0, 0.05) is 23.1 Å². The maximum atomic E-state index is 12.4. The molecule has 0 aromatic carbocycles. The molecule has 0 fully saturated rings. The summed E-state index contributed by atoms with van der Waals surface area (Å²) < 4.78 is 42.8. The smallest absolute Gasteiger partial charge is 0.165 e. The molecule has 22 heteroatoms. The van der Waals surface area contributed by atoms with Gasteiger partial charge in [0.1, 0.15) is 96.8 Å². The molecule has 0 saturated heterocycles. The van der Waals surface area contributed by atoms with Crippen molar-refractivity contribution in [3.05, 3.63) is 50.6 Å². The van der Waals surface area contributed by atoms with Gasteiger partial charge in [-0.3, -0.25) is 23.6 Å². The number of carbonyl (C=O) groups is 4. The summed E-state index contributed by atoms with van der Waals surface area (Å²) in [6.45, 7) is 7.46. The van der Waals surface area contributed by atoms with Crippen molar-refractivity contribution in [2.45, 2.75) is 67.7 Å². The summed E-state index contributed by atoms with van der Waals surface area (Å²) >= 11 is 17.0. The fourth-order valence-corrected chi connectivity index (χ4v) is 3.91. The number of hydrogen-bond acceptors (Lipinski definition) is 12. The van der Waals surface area contributed by atoms with E-state index in [4.69, 9.17) is 34.8 Å². The van der Waals surface area contributed by atoms with E-state index >= 15 is 0 Å². The molecule has 0 amide bonds. The number of hydrogen-bond donors (Lipinski definition) is 0. The second-order valence-electron chi connectivity index (χ2n) is 13.8. The van der Waals surface area contributed by atoms with Crippen LogP contribution < -0.4 is 0 Å². The Balaban J connectivity index is 0.000000360. The van der Waals surface area contributed by atoms with E-state index in [0.29, 0.717) is 5.88 Å².